The van der Waals surface area contributed by atoms with E-state index in [1.54, 1.807) is 4.68 Å². The van der Waals surface area contributed by atoms with Crippen LogP contribution in [-0.4, -0.2) is 44.4 Å². The summed E-state index contributed by atoms with van der Waals surface area (Å²) < 4.78 is 1.61. The van der Waals surface area contributed by atoms with Crippen LogP contribution < -0.4 is 5.69 Å². The van der Waals surface area contributed by atoms with Crippen LogP contribution >= 0.6 is 0 Å². The highest BCUT2D eigenvalue weighted by molar-refractivity contribution is 5.88. The fourth-order valence-corrected chi connectivity index (χ4v) is 5.41. The second kappa shape index (κ2) is 6.60. The molecular weight excluding hydrogens is 344 g/mol. The highest BCUT2D eigenvalue weighted by Gasteiger charge is 2.42. The van der Waals surface area contributed by atoms with Crippen LogP contribution in [0.5, 0.6) is 0 Å². The van der Waals surface area contributed by atoms with Gasteiger partial charge in [-0.05, 0) is 51.4 Å². The zero-order chi connectivity index (χ0) is 18.5. The molecule has 2 heterocycles. The molecule has 1 saturated heterocycles. The first-order valence-electron chi connectivity index (χ1n) is 10.6. The molecule has 146 valence electrons. The first-order chi connectivity index (χ1) is 13.1. The number of aromatic nitrogens is 3. The summed E-state index contributed by atoms with van der Waals surface area (Å²) in [5.74, 6) is 2.16. The Morgan fingerprint density at radius 1 is 0.926 bits per heavy atom. The van der Waals surface area contributed by atoms with Gasteiger partial charge in [0.2, 0.25) is 5.91 Å². The average Bonchev–Trinajstić information content (AvgIpc) is 3.43. The van der Waals surface area contributed by atoms with E-state index in [1.165, 1.54) is 0 Å². The molecule has 1 aliphatic heterocycles. The standard InChI is InChI=1S/C20H28N4O3/c25-17-13-2-1-3-14(17)11-15(10-13)19(26)23-8-6-16(7-9-23)24-20(27)21-18(22-24)12-4-5-12/h12-16H,1-11H2,(H,21,22,27). The summed E-state index contributed by atoms with van der Waals surface area (Å²) >= 11 is 0. The number of rotatable bonds is 3. The van der Waals surface area contributed by atoms with Gasteiger partial charge in [-0.1, -0.05) is 6.42 Å². The lowest BCUT2D eigenvalue weighted by atomic mass is 9.67. The van der Waals surface area contributed by atoms with Crippen LogP contribution in [0.15, 0.2) is 4.79 Å². The molecule has 4 aliphatic rings. The van der Waals surface area contributed by atoms with Gasteiger partial charge in [0.1, 0.15) is 11.6 Å². The molecule has 7 nitrogen and oxygen atoms in total. The summed E-state index contributed by atoms with van der Waals surface area (Å²) in [4.78, 5) is 42.4. The maximum atomic E-state index is 13.0. The highest BCUT2D eigenvalue weighted by Crippen LogP contribution is 2.41. The molecule has 2 bridgehead atoms. The number of fused-ring (bicyclic) bond motifs is 2. The quantitative estimate of drug-likeness (QED) is 0.879. The van der Waals surface area contributed by atoms with Crippen molar-refractivity contribution in [3.8, 4) is 0 Å². The molecule has 1 aromatic heterocycles. The number of ketones is 1. The number of carbonyl (C=O) groups excluding carboxylic acids is 2. The van der Waals surface area contributed by atoms with Crippen molar-refractivity contribution in [2.75, 3.05) is 13.1 Å². The number of nitrogens with one attached hydrogen (secondary N) is 1. The van der Waals surface area contributed by atoms with Gasteiger partial charge >= 0.3 is 5.69 Å². The lowest BCUT2D eigenvalue weighted by molar-refractivity contribution is -0.144. The first-order valence-corrected chi connectivity index (χ1v) is 10.6. The highest BCUT2D eigenvalue weighted by atomic mass is 16.2. The third-order valence-corrected chi connectivity index (χ3v) is 7.14. The smallest absolute Gasteiger partial charge is 0.342 e. The van der Waals surface area contributed by atoms with Crippen LogP contribution in [0.3, 0.4) is 0 Å². The van der Waals surface area contributed by atoms with Crippen LogP contribution in [0.1, 0.15) is 75.6 Å². The largest absolute Gasteiger partial charge is 0.343 e. The minimum Gasteiger partial charge on any atom is -0.342 e. The van der Waals surface area contributed by atoms with Crippen molar-refractivity contribution < 1.29 is 9.59 Å². The second-order valence-corrected chi connectivity index (χ2v) is 8.99. The van der Waals surface area contributed by atoms with Crippen molar-refractivity contribution in [1.82, 2.24) is 19.7 Å². The second-order valence-electron chi connectivity index (χ2n) is 8.99. The molecule has 1 amide bonds. The van der Waals surface area contributed by atoms with Gasteiger partial charge < -0.3 is 4.90 Å². The summed E-state index contributed by atoms with van der Waals surface area (Å²) in [5, 5.41) is 4.51. The van der Waals surface area contributed by atoms with Gasteiger partial charge in [0.05, 0.1) is 6.04 Å². The van der Waals surface area contributed by atoms with E-state index in [0.29, 0.717) is 24.8 Å². The minimum atomic E-state index is -0.111. The number of hydrogen-bond donors (Lipinski definition) is 1. The van der Waals surface area contributed by atoms with Crippen LogP contribution in [0.4, 0.5) is 0 Å². The molecular formula is C20H28N4O3. The van der Waals surface area contributed by atoms with Gasteiger partial charge in [-0.25, -0.2) is 9.48 Å². The molecule has 5 rings (SSSR count). The molecule has 0 aromatic carbocycles. The fourth-order valence-electron chi connectivity index (χ4n) is 5.41. The Bertz CT molecular complexity index is 784. The molecule has 1 aromatic rings. The zero-order valence-electron chi connectivity index (χ0n) is 15.7. The van der Waals surface area contributed by atoms with Crippen LogP contribution in [0.25, 0.3) is 0 Å². The van der Waals surface area contributed by atoms with E-state index < -0.39 is 0 Å². The van der Waals surface area contributed by atoms with Gasteiger partial charge in [-0.2, -0.15) is 5.10 Å². The summed E-state index contributed by atoms with van der Waals surface area (Å²) in [6.45, 7) is 1.36. The number of nitrogens with zero attached hydrogens (tertiary/aromatic N) is 3. The molecule has 0 radical (unpaired) electrons. The third-order valence-electron chi connectivity index (χ3n) is 7.14. The average molecular weight is 372 g/mol. The van der Waals surface area contributed by atoms with Crippen LogP contribution in [0.2, 0.25) is 0 Å². The molecule has 7 heteroatoms. The lowest BCUT2D eigenvalue weighted by Crippen LogP contribution is -2.47. The van der Waals surface area contributed by atoms with E-state index in [-0.39, 0.29) is 35.4 Å². The van der Waals surface area contributed by atoms with Gasteiger partial charge in [-0.15, -0.1) is 0 Å². The Balaban J connectivity index is 1.21. The Hall–Kier alpha value is -1.92. The third kappa shape index (κ3) is 3.15. The van der Waals surface area contributed by atoms with Gasteiger partial charge in [0, 0.05) is 36.8 Å². The first kappa shape index (κ1) is 17.2. The van der Waals surface area contributed by atoms with Gasteiger partial charge in [0.25, 0.3) is 0 Å². The van der Waals surface area contributed by atoms with Gasteiger partial charge in [-0.3, -0.25) is 14.6 Å². The normalized spacial score (nSPS) is 31.9. The molecule has 27 heavy (non-hydrogen) atoms. The molecule has 3 aliphatic carbocycles. The van der Waals surface area contributed by atoms with Crippen molar-refractivity contribution in [1.29, 1.82) is 0 Å². The summed E-state index contributed by atoms with van der Waals surface area (Å²) in [6.07, 6.45) is 8.35. The fraction of sp³-hybridized carbons (Fsp3) is 0.800. The Morgan fingerprint density at radius 2 is 1.59 bits per heavy atom. The number of H-pyrrole nitrogens is 1. The van der Waals surface area contributed by atoms with Gasteiger partial charge in [0.15, 0.2) is 0 Å². The Kier molecular flexibility index (Phi) is 4.20. The molecule has 2 unspecified atom stereocenters. The molecule has 4 fully saturated rings. The maximum absolute atomic E-state index is 13.0. The van der Waals surface area contributed by atoms with Crippen molar-refractivity contribution in [3.63, 3.8) is 0 Å². The van der Waals surface area contributed by atoms with E-state index in [1.807, 2.05) is 4.90 Å². The minimum absolute atomic E-state index is 0.0177. The molecule has 3 saturated carbocycles. The van der Waals surface area contributed by atoms with Crippen molar-refractivity contribution in [2.24, 2.45) is 17.8 Å². The Labute approximate surface area is 158 Å². The van der Waals surface area contributed by atoms with Crippen molar-refractivity contribution in [3.05, 3.63) is 16.3 Å². The Morgan fingerprint density at radius 3 is 2.22 bits per heavy atom. The number of carbonyl (C=O) groups is 2. The number of amides is 1. The van der Waals surface area contributed by atoms with E-state index in [9.17, 15) is 14.4 Å². The summed E-state index contributed by atoms with van der Waals surface area (Å²) in [6, 6.07) is 0.0811. The van der Waals surface area contributed by atoms with E-state index in [0.717, 1.165) is 63.6 Å². The number of Topliss-reactive ketones (excluding diaryl/α,β-unsaturated/α-hetero) is 1. The van der Waals surface area contributed by atoms with Crippen LogP contribution in [0, 0.1) is 17.8 Å². The van der Waals surface area contributed by atoms with Crippen LogP contribution in [-0.2, 0) is 9.59 Å². The summed E-state index contributed by atoms with van der Waals surface area (Å²) in [7, 11) is 0. The van der Waals surface area contributed by atoms with Crippen molar-refractivity contribution >= 4 is 11.7 Å². The number of aromatic amines is 1. The lowest BCUT2D eigenvalue weighted by Gasteiger charge is -2.40. The predicted octanol–water partition coefficient (Wildman–Crippen LogP) is 2.01. The molecule has 0 spiro atoms. The molecule has 1 N–H and O–H groups in total. The zero-order valence-corrected chi connectivity index (χ0v) is 15.7. The van der Waals surface area contributed by atoms with E-state index in [2.05, 4.69) is 10.1 Å². The maximum Gasteiger partial charge on any atom is 0.343 e. The SMILES string of the molecule is O=C1C2CCCC1CC(C(=O)N1CCC(n3nc(C4CC4)[nH]c3=O)CC1)C2. The number of piperidine rings is 1. The number of likely N-dealkylation sites (tertiary alicyclic amines) is 1. The number of hydrogen-bond acceptors (Lipinski definition) is 4. The monoisotopic (exact) mass is 372 g/mol. The topological polar surface area (TPSA) is 88.1 Å². The van der Waals surface area contributed by atoms with Crippen molar-refractivity contribution in [2.45, 2.75) is 69.7 Å². The predicted molar refractivity (Wildman–Crippen MR) is 98.2 cm³/mol. The van der Waals surface area contributed by atoms with E-state index >= 15 is 0 Å². The molecule has 2 atom stereocenters. The summed E-state index contributed by atoms with van der Waals surface area (Å²) in [5.41, 5.74) is -0.111. The van der Waals surface area contributed by atoms with E-state index in [4.69, 9.17) is 0 Å².